The van der Waals surface area contributed by atoms with Crippen molar-refractivity contribution in [2.75, 3.05) is 62.5 Å². The number of hydrogen-bond acceptors (Lipinski definition) is 11. The molecular weight excluding hydrogens is 530 g/mol. The lowest BCUT2D eigenvalue weighted by molar-refractivity contribution is -0.115. The van der Waals surface area contributed by atoms with Crippen LogP contribution in [0.4, 0.5) is 29.0 Å². The van der Waals surface area contributed by atoms with Gasteiger partial charge in [-0.15, -0.1) is 0 Å². The van der Waals surface area contributed by atoms with Gasteiger partial charge in [0, 0.05) is 37.9 Å². The van der Waals surface area contributed by atoms with Crippen LogP contribution in [0.5, 0.6) is 5.75 Å². The lowest BCUT2D eigenvalue weighted by atomic mass is 9.89. The van der Waals surface area contributed by atoms with Crippen LogP contribution >= 0.6 is 0 Å². The number of anilines is 5. The minimum atomic E-state index is -3.50. The predicted molar refractivity (Wildman–Crippen MR) is 156 cm³/mol. The number of nitrogens with zero attached hydrogens (tertiary/aromatic N) is 5. The minimum absolute atomic E-state index is 0.0427. The number of benzene rings is 2. The Morgan fingerprint density at radius 1 is 1.00 bits per heavy atom. The highest BCUT2D eigenvalue weighted by Gasteiger charge is 2.38. The molecule has 2 fully saturated rings. The van der Waals surface area contributed by atoms with Crippen molar-refractivity contribution in [1.82, 2.24) is 19.9 Å². The van der Waals surface area contributed by atoms with Gasteiger partial charge in [-0.2, -0.15) is 4.98 Å². The molecule has 0 bridgehead atoms. The van der Waals surface area contributed by atoms with E-state index in [-0.39, 0.29) is 16.4 Å². The molecule has 2 saturated heterocycles. The molecular formula is C28H37N7O4S. The largest absolute Gasteiger partial charge is 0.494 e. The number of sulfone groups is 1. The number of hydrogen-bond donors (Lipinski definition) is 2. The van der Waals surface area contributed by atoms with Crippen LogP contribution in [0, 0.1) is 0 Å². The van der Waals surface area contributed by atoms with Gasteiger partial charge in [0.05, 0.1) is 40.8 Å². The van der Waals surface area contributed by atoms with Gasteiger partial charge in [-0.25, -0.2) is 18.4 Å². The Balaban J connectivity index is 1.29. The monoisotopic (exact) mass is 567 g/mol. The molecule has 1 aromatic heterocycles. The summed E-state index contributed by atoms with van der Waals surface area (Å²) in [4.78, 5) is 17.8. The third-order valence-electron chi connectivity index (χ3n) is 7.54. The Kier molecular flexibility index (Phi) is 8.11. The number of nitrogens with one attached hydrogen (secondary N) is 2. The molecule has 0 radical (unpaired) electrons. The van der Waals surface area contributed by atoms with Crippen LogP contribution in [0.1, 0.15) is 26.7 Å². The first-order valence-corrected chi connectivity index (χ1v) is 15.1. The normalized spacial score (nSPS) is 17.7. The average Bonchev–Trinajstić information content (AvgIpc) is 2.94. The molecule has 1 spiro atoms. The predicted octanol–water partition coefficient (Wildman–Crippen LogP) is 3.85. The first-order chi connectivity index (χ1) is 19.2. The molecule has 0 aliphatic carbocycles. The van der Waals surface area contributed by atoms with E-state index >= 15 is 0 Å². The summed E-state index contributed by atoms with van der Waals surface area (Å²) in [5.41, 5.74) is 2.15. The lowest BCUT2D eigenvalue weighted by Crippen LogP contribution is -2.56. The molecule has 0 amide bonds. The fourth-order valence-electron chi connectivity index (χ4n) is 5.22. The van der Waals surface area contributed by atoms with Crippen molar-refractivity contribution >= 4 is 38.8 Å². The van der Waals surface area contributed by atoms with E-state index in [0.29, 0.717) is 23.1 Å². The van der Waals surface area contributed by atoms with Crippen LogP contribution in [-0.2, 0) is 14.6 Å². The summed E-state index contributed by atoms with van der Waals surface area (Å²) in [7, 11) is 0.296. The zero-order valence-corrected chi connectivity index (χ0v) is 24.2. The number of rotatable bonds is 8. The second kappa shape index (κ2) is 11.6. The Bertz CT molecular complexity index is 1440. The van der Waals surface area contributed by atoms with Crippen LogP contribution in [-0.4, -0.2) is 86.1 Å². The summed E-state index contributed by atoms with van der Waals surface area (Å²) < 4.78 is 37.6. The Morgan fingerprint density at radius 3 is 2.38 bits per heavy atom. The van der Waals surface area contributed by atoms with Crippen molar-refractivity contribution in [2.45, 2.75) is 42.4 Å². The number of methoxy groups -OCH3 is 1. The van der Waals surface area contributed by atoms with Crippen molar-refractivity contribution in [2.24, 2.45) is 0 Å². The van der Waals surface area contributed by atoms with Gasteiger partial charge in [0.2, 0.25) is 11.9 Å². The lowest BCUT2D eigenvalue weighted by Gasteiger charge is -2.47. The quantitative estimate of drug-likeness (QED) is 0.413. The first-order valence-electron chi connectivity index (χ1n) is 13.5. The second-order valence-corrected chi connectivity index (χ2v) is 13.1. The molecule has 2 aromatic carbocycles. The van der Waals surface area contributed by atoms with E-state index in [4.69, 9.17) is 9.47 Å². The number of para-hydroxylation sites is 1. The minimum Gasteiger partial charge on any atom is -0.494 e. The molecule has 5 rings (SSSR count). The maximum absolute atomic E-state index is 12.8. The number of ether oxygens (including phenoxy) is 2. The standard InChI is InChI=1S/C28H37N7O4S/c1-20(2)40(36,37)25-8-6-5-7-23(25)32-27-30-19-29-26(33-27)31-22-10-9-21(17-24(22)38-4)35-13-11-28(12-14-35)18-34(3)15-16-39-28/h5-10,17,19-20H,11-16,18H2,1-4H3,(H2,29,30,31,32,33). The highest BCUT2D eigenvalue weighted by molar-refractivity contribution is 7.92. The molecule has 40 heavy (non-hydrogen) atoms. The third kappa shape index (κ3) is 5.98. The van der Waals surface area contributed by atoms with Gasteiger partial charge < -0.3 is 29.9 Å². The van der Waals surface area contributed by atoms with E-state index in [1.54, 1.807) is 45.2 Å². The van der Waals surface area contributed by atoms with Gasteiger partial charge in [0.25, 0.3) is 0 Å². The highest BCUT2D eigenvalue weighted by Crippen LogP contribution is 2.36. The van der Waals surface area contributed by atoms with Crippen molar-refractivity contribution in [3.63, 3.8) is 0 Å². The van der Waals surface area contributed by atoms with Gasteiger partial charge in [-0.05, 0) is 58.0 Å². The second-order valence-electron chi connectivity index (χ2n) is 10.6. The molecule has 2 aliphatic heterocycles. The Morgan fingerprint density at radius 2 is 1.70 bits per heavy atom. The highest BCUT2D eigenvalue weighted by atomic mass is 32.2. The summed E-state index contributed by atoms with van der Waals surface area (Å²) >= 11 is 0. The average molecular weight is 568 g/mol. The van der Waals surface area contributed by atoms with E-state index < -0.39 is 15.1 Å². The summed E-state index contributed by atoms with van der Waals surface area (Å²) in [6.45, 7) is 7.91. The Hall–Kier alpha value is -3.48. The molecule has 3 aromatic rings. The topological polar surface area (TPSA) is 122 Å². The van der Waals surface area contributed by atoms with E-state index in [2.05, 4.69) is 48.5 Å². The van der Waals surface area contributed by atoms with E-state index in [9.17, 15) is 8.42 Å². The van der Waals surface area contributed by atoms with Crippen molar-refractivity contribution < 1.29 is 17.9 Å². The summed E-state index contributed by atoms with van der Waals surface area (Å²) in [5, 5.41) is 5.68. The van der Waals surface area contributed by atoms with Crippen LogP contribution in [0.25, 0.3) is 0 Å². The molecule has 11 nitrogen and oxygen atoms in total. The molecule has 3 heterocycles. The first kappa shape index (κ1) is 28.1. The van der Waals surface area contributed by atoms with E-state index in [0.717, 1.165) is 51.3 Å². The molecule has 214 valence electrons. The number of likely N-dealkylation sites (N-methyl/N-ethyl adjacent to an activating group) is 1. The van der Waals surface area contributed by atoms with Crippen molar-refractivity contribution in [3.05, 3.63) is 48.8 Å². The van der Waals surface area contributed by atoms with E-state index in [1.807, 2.05) is 12.1 Å². The Labute approximate surface area is 235 Å². The van der Waals surface area contributed by atoms with Crippen molar-refractivity contribution in [1.29, 1.82) is 0 Å². The fraction of sp³-hybridized carbons (Fsp3) is 0.464. The zero-order chi connectivity index (χ0) is 28.3. The van der Waals surface area contributed by atoms with Crippen LogP contribution in [0.2, 0.25) is 0 Å². The maximum atomic E-state index is 12.8. The molecule has 0 unspecified atom stereocenters. The SMILES string of the molecule is COc1cc(N2CCC3(CC2)CN(C)CCO3)ccc1Nc1ncnc(Nc2ccccc2S(=O)(=O)C(C)C)n1. The number of morpholine rings is 1. The van der Waals surface area contributed by atoms with Gasteiger partial charge in [0.1, 0.15) is 12.1 Å². The molecule has 2 N–H and O–H groups in total. The van der Waals surface area contributed by atoms with Gasteiger partial charge in [-0.3, -0.25) is 0 Å². The zero-order valence-electron chi connectivity index (χ0n) is 23.4. The van der Waals surface area contributed by atoms with Crippen molar-refractivity contribution in [3.8, 4) is 5.75 Å². The summed E-state index contributed by atoms with van der Waals surface area (Å²) in [5.74, 6) is 1.18. The third-order valence-corrected chi connectivity index (χ3v) is 9.75. The van der Waals surface area contributed by atoms with Gasteiger partial charge >= 0.3 is 0 Å². The summed E-state index contributed by atoms with van der Waals surface area (Å²) in [6, 6.07) is 12.7. The van der Waals surface area contributed by atoms with E-state index in [1.165, 1.54) is 6.33 Å². The van der Waals surface area contributed by atoms with Gasteiger partial charge in [0.15, 0.2) is 9.84 Å². The summed E-state index contributed by atoms with van der Waals surface area (Å²) in [6.07, 6.45) is 3.34. The molecule has 2 aliphatic rings. The number of aromatic nitrogens is 3. The van der Waals surface area contributed by atoms with Crippen LogP contribution in [0.15, 0.2) is 53.7 Å². The van der Waals surface area contributed by atoms with Gasteiger partial charge in [-0.1, -0.05) is 12.1 Å². The number of piperidine rings is 1. The van der Waals surface area contributed by atoms with Crippen LogP contribution in [0.3, 0.4) is 0 Å². The smallest absolute Gasteiger partial charge is 0.232 e. The molecule has 0 saturated carbocycles. The fourth-order valence-corrected chi connectivity index (χ4v) is 6.42. The molecule has 0 atom stereocenters. The maximum Gasteiger partial charge on any atom is 0.232 e. The molecule has 12 heteroatoms. The van der Waals surface area contributed by atoms with Crippen LogP contribution < -0.4 is 20.3 Å².